The van der Waals surface area contributed by atoms with Crippen LogP contribution in [0.25, 0.3) is 0 Å². The SMILES string of the molecule is CCC(C(=O)N[C@H]1CC[C@@H](C(=O)O)C1)c1cccc(C(F)(F)F)c1. The number of carbonyl (C=O) groups is 2. The minimum atomic E-state index is -4.45. The first-order valence-electron chi connectivity index (χ1n) is 7.92. The molecule has 2 N–H and O–H groups in total. The van der Waals surface area contributed by atoms with Crippen molar-refractivity contribution in [1.82, 2.24) is 5.32 Å². The van der Waals surface area contributed by atoms with Crippen LogP contribution in [0, 0.1) is 5.92 Å². The highest BCUT2D eigenvalue weighted by Crippen LogP contribution is 2.32. The van der Waals surface area contributed by atoms with Gasteiger partial charge in [-0.3, -0.25) is 9.59 Å². The molecule has 24 heavy (non-hydrogen) atoms. The Balaban J connectivity index is 2.08. The van der Waals surface area contributed by atoms with Gasteiger partial charge < -0.3 is 10.4 Å². The van der Waals surface area contributed by atoms with Crippen LogP contribution in [-0.2, 0) is 15.8 Å². The molecule has 0 radical (unpaired) electrons. The number of hydrogen-bond acceptors (Lipinski definition) is 2. The molecule has 1 aliphatic rings. The Morgan fingerprint density at radius 2 is 2.04 bits per heavy atom. The molecule has 1 aromatic carbocycles. The average molecular weight is 343 g/mol. The molecule has 132 valence electrons. The second kappa shape index (κ2) is 7.23. The predicted octanol–water partition coefficient (Wildman–Crippen LogP) is 3.57. The number of rotatable bonds is 5. The normalized spacial score (nSPS) is 22.2. The van der Waals surface area contributed by atoms with Gasteiger partial charge in [0.25, 0.3) is 0 Å². The van der Waals surface area contributed by atoms with Crippen LogP contribution in [-0.4, -0.2) is 23.0 Å². The Morgan fingerprint density at radius 1 is 1.33 bits per heavy atom. The third-order valence-corrected chi connectivity index (χ3v) is 4.47. The second-order valence-electron chi connectivity index (χ2n) is 6.14. The molecule has 7 heteroatoms. The van der Waals surface area contributed by atoms with E-state index >= 15 is 0 Å². The van der Waals surface area contributed by atoms with Crippen molar-refractivity contribution in [2.75, 3.05) is 0 Å². The standard InChI is InChI=1S/C17H20F3NO3/c1-2-14(10-4-3-5-12(8-10)17(18,19)20)15(22)21-13-7-6-11(9-13)16(23)24/h3-5,8,11,13-14H,2,6-7,9H2,1H3,(H,21,22)(H,23,24)/t11-,13+,14?/m1/s1. The van der Waals surface area contributed by atoms with Crippen molar-refractivity contribution in [1.29, 1.82) is 0 Å². The van der Waals surface area contributed by atoms with E-state index in [9.17, 15) is 22.8 Å². The topological polar surface area (TPSA) is 66.4 Å². The first kappa shape index (κ1) is 18.3. The lowest BCUT2D eigenvalue weighted by atomic mass is 9.93. The molecule has 0 heterocycles. The van der Waals surface area contributed by atoms with E-state index in [2.05, 4.69) is 5.32 Å². The number of halogens is 3. The number of carboxylic acid groups (broad SMARTS) is 1. The van der Waals surface area contributed by atoms with E-state index in [0.29, 0.717) is 31.2 Å². The van der Waals surface area contributed by atoms with Gasteiger partial charge >= 0.3 is 12.1 Å². The molecule has 1 unspecified atom stereocenters. The minimum absolute atomic E-state index is 0.238. The number of carbonyl (C=O) groups excluding carboxylic acids is 1. The molecule has 2 rings (SSSR count). The van der Waals surface area contributed by atoms with Gasteiger partial charge in [0.05, 0.1) is 17.4 Å². The molecule has 0 saturated heterocycles. The van der Waals surface area contributed by atoms with Crippen LogP contribution in [0.15, 0.2) is 24.3 Å². The van der Waals surface area contributed by atoms with E-state index in [1.807, 2.05) is 0 Å². The van der Waals surface area contributed by atoms with E-state index in [4.69, 9.17) is 5.11 Å². The predicted molar refractivity (Wildman–Crippen MR) is 81.4 cm³/mol. The van der Waals surface area contributed by atoms with Crippen molar-refractivity contribution in [2.24, 2.45) is 5.92 Å². The highest BCUT2D eigenvalue weighted by atomic mass is 19.4. The fourth-order valence-corrected chi connectivity index (χ4v) is 3.14. The zero-order chi connectivity index (χ0) is 17.9. The van der Waals surface area contributed by atoms with Gasteiger partial charge in [-0.15, -0.1) is 0 Å². The van der Waals surface area contributed by atoms with Crippen molar-refractivity contribution in [3.05, 3.63) is 35.4 Å². The third kappa shape index (κ3) is 4.27. The van der Waals surface area contributed by atoms with Crippen LogP contribution >= 0.6 is 0 Å². The van der Waals surface area contributed by atoms with Gasteiger partial charge in [-0.1, -0.05) is 25.1 Å². The maximum absolute atomic E-state index is 12.8. The lowest BCUT2D eigenvalue weighted by Crippen LogP contribution is -2.37. The van der Waals surface area contributed by atoms with E-state index < -0.39 is 29.5 Å². The molecule has 0 bridgehead atoms. The molecular weight excluding hydrogens is 323 g/mol. The molecule has 0 aromatic heterocycles. The van der Waals surface area contributed by atoms with E-state index in [1.165, 1.54) is 12.1 Å². The van der Waals surface area contributed by atoms with Crippen molar-refractivity contribution < 1.29 is 27.9 Å². The van der Waals surface area contributed by atoms with Crippen molar-refractivity contribution >= 4 is 11.9 Å². The molecule has 1 amide bonds. The molecule has 1 aliphatic carbocycles. The maximum atomic E-state index is 12.8. The molecule has 3 atom stereocenters. The fourth-order valence-electron chi connectivity index (χ4n) is 3.14. The fraction of sp³-hybridized carbons (Fsp3) is 0.529. The van der Waals surface area contributed by atoms with E-state index in [0.717, 1.165) is 12.1 Å². The number of hydrogen-bond donors (Lipinski definition) is 2. The average Bonchev–Trinajstić information content (AvgIpc) is 2.96. The number of amides is 1. The van der Waals surface area contributed by atoms with Crippen LogP contribution in [0.2, 0.25) is 0 Å². The highest BCUT2D eigenvalue weighted by Gasteiger charge is 2.33. The summed E-state index contributed by atoms with van der Waals surface area (Å²) in [6.07, 6.45) is -2.66. The Bertz CT molecular complexity index is 615. The monoisotopic (exact) mass is 343 g/mol. The van der Waals surface area contributed by atoms with Crippen LogP contribution in [0.4, 0.5) is 13.2 Å². The summed E-state index contributed by atoms with van der Waals surface area (Å²) >= 11 is 0. The van der Waals surface area contributed by atoms with Gasteiger partial charge in [0.2, 0.25) is 5.91 Å². The Hall–Kier alpha value is -2.05. The van der Waals surface area contributed by atoms with E-state index in [-0.39, 0.29) is 11.9 Å². The van der Waals surface area contributed by atoms with Crippen LogP contribution < -0.4 is 5.32 Å². The Morgan fingerprint density at radius 3 is 2.58 bits per heavy atom. The second-order valence-corrected chi connectivity index (χ2v) is 6.14. The van der Waals surface area contributed by atoms with Crippen molar-refractivity contribution in [3.63, 3.8) is 0 Å². The first-order chi connectivity index (χ1) is 11.2. The van der Waals surface area contributed by atoms with Crippen LogP contribution in [0.1, 0.15) is 49.7 Å². The van der Waals surface area contributed by atoms with Crippen LogP contribution in [0.5, 0.6) is 0 Å². The summed E-state index contributed by atoms with van der Waals surface area (Å²) in [5, 5.41) is 11.8. The number of aliphatic carboxylic acids is 1. The Kier molecular flexibility index (Phi) is 5.51. The molecule has 1 aromatic rings. The smallest absolute Gasteiger partial charge is 0.416 e. The molecular formula is C17H20F3NO3. The maximum Gasteiger partial charge on any atom is 0.416 e. The van der Waals surface area contributed by atoms with Crippen LogP contribution in [0.3, 0.4) is 0 Å². The van der Waals surface area contributed by atoms with Crippen molar-refractivity contribution in [2.45, 2.75) is 50.7 Å². The van der Waals surface area contributed by atoms with Gasteiger partial charge in [0, 0.05) is 6.04 Å². The summed E-state index contributed by atoms with van der Waals surface area (Å²) in [5.74, 6) is -2.38. The highest BCUT2D eigenvalue weighted by molar-refractivity contribution is 5.84. The lowest BCUT2D eigenvalue weighted by molar-refractivity contribution is -0.141. The van der Waals surface area contributed by atoms with Crippen molar-refractivity contribution in [3.8, 4) is 0 Å². The van der Waals surface area contributed by atoms with Gasteiger partial charge in [-0.25, -0.2) is 0 Å². The molecule has 1 saturated carbocycles. The molecule has 0 spiro atoms. The van der Waals surface area contributed by atoms with Gasteiger partial charge in [-0.05, 0) is 37.3 Å². The number of alkyl halides is 3. The van der Waals surface area contributed by atoms with Gasteiger partial charge in [0.15, 0.2) is 0 Å². The number of nitrogens with one attached hydrogen (secondary N) is 1. The third-order valence-electron chi connectivity index (χ3n) is 4.47. The van der Waals surface area contributed by atoms with E-state index in [1.54, 1.807) is 6.92 Å². The summed E-state index contributed by atoms with van der Waals surface area (Å²) in [5.41, 5.74) is -0.462. The van der Waals surface area contributed by atoms with Gasteiger partial charge in [-0.2, -0.15) is 13.2 Å². The number of carboxylic acids is 1. The molecule has 1 fully saturated rings. The summed E-state index contributed by atoms with van der Waals surface area (Å²) in [6, 6.07) is 4.55. The lowest BCUT2D eigenvalue weighted by Gasteiger charge is -2.20. The number of benzene rings is 1. The first-order valence-corrected chi connectivity index (χ1v) is 7.92. The quantitative estimate of drug-likeness (QED) is 0.859. The summed E-state index contributed by atoms with van der Waals surface area (Å²) in [4.78, 5) is 23.4. The Labute approximate surface area is 138 Å². The zero-order valence-electron chi connectivity index (χ0n) is 13.3. The largest absolute Gasteiger partial charge is 0.481 e. The summed E-state index contributed by atoms with van der Waals surface area (Å²) in [6.45, 7) is 1.74. The minimum Gasteiger partial charge on any atom is -0.481 e. The summed E-state index contributed by atoms with van der Waals surface area (Å²) < 4.78 is 38.5. The summed E-state index contributed by atoms with van der Waals surface area (Å²) in [7, 11) is 0. The zero-order valence-corrected chi connectivity index (χ0v) is 13.3. The molecule has 0 aliphatic heterocycles. The van der Waals surface area contributed by atoms with Gasteiger partial charge in [0.1, 0.15) is 0 Å². The molecule has 4 nitrogen and oxygen atoms in total.